The number of nitrogens with two attached hydrogens (primary N) is 1. The van der Waals surface area contributed by atoms with Gasteiger partial charge in [-0.2, -0.15) is 0 Å². The fourth-order valence-electron chi connectivity index (χ4n) is 4.07. The molecule has 4 rings (SSSR count). The van der Waals surface area contributed by atoms with Crippen molar-refractivity contribution in [3.8, 4) is 11.3 Å². The highest BCUT2D eigenvalue weighted by Gasteiger charge is 2.19. The third kappa shape index (κ3) is 3.74. The third-order valence-corrected chi connectivity index (χ3v) is 5.47. The van der Waals surface area contributed by atoms with E-state index in [-0.39, 0.29) is 11.9 Å². The van der Waals surface area contributed by atoms with Gasteiger partial charge in [-0.3, -0.25) is 15.5 Å². The van der Waals surface area contributed by atoms with Gasteiger partial charge in [0, 0.05) is 10.9 Å². The first kappa shape index (κ1) is 18.2. The molecule has 4 N–H and O–H groups in total. The fraction of sp³-hybridized carbons (Fsp3) is 0.261. The van der Waals surface area contributed by atoms with Crippen molar-refractivity contribution in [2.75, 3.05) is 0 Å². The molecule has 0 atom stereocenters. The zero-order valence-electron chi connectivity index (χ0n) is 15.7. The second kappa shape index (κ2) is 7.80. The van der Waals surface area contributed by atoms with Crippen LogP contribution in [0.15, 0.2) is 54.6 Å². The summed E-state index contributed by atoms with van der Waals surface area (Å²) in [6.07, 6.45) is 6.28. The molecule has 1 fully saturated rings. The first-order chi connectivity index (χ1) is 13.6. The van der Waals surface area contributed by atoms with E-state index in [1.165, 1.54) is 37.7 Å². The predicted molar refractivity (Wildman–Crippen MR) is 112 cm³/mol. The van der Waals surface area contributed by atoms with Crippen LogP contribution in [0.25, 0.3) is 22.2 Å². The standard InChI is InChI=1S/C23H24N4O/c24-23(25)27-22(28)19-14-20(16-9-5-2-6-10-16)26-21-13-17(11-12-18(19)21)15-7-3-1-4-8-15/h2,5-6,9-15H,1,3-4,7-8H2,(H4,24,25,27,28). The van der Waals surface area contributed by atoms with Gasteiger partial charge < -0.3 is 5.73 Å². The minimum Gasteiger partial charge on any atom is -0.370 e. The van der Waals surface area contributed by atoms with Crippen molar-refractivity contribution in [1.82, 2.24) is 10.3 Å². The predicted octanol–water partition coefficient (Wildman–Crippen LogP) is 4.57. The molecule has 0 aliphatic heterocycles. The van der Waals surface area contributed by atoms with E-state index in [0.29, 0.717) is 11.5 Å². The molecular formula is C23H24N4O. The maximum absolute atomic E-state index is 12.7. The maximum Gasteiger partial charge on any atom is 0.258 e. The van der Waals surface area contributed by atoms with Crippen molar-refractivity contribution >= 4 is 22.8 Å². The molecule has 3 aromatic rings. The average molecular weight is 372 g/mol. The molecular weight excluding hydrogens is 348 g/mol. The lowest BCUT2D eigenvalue weighted by atomic mass is 9.83. The SMILES string of the molecule is N=C(N)NC(=O)c1cc(-c2ccccc2)nc2cc(C3CCCCC3)ccc12. The highest BCUT2D eigenvalue weighted by Crippen LogP contribution is 2.34. The van der Waals surface area contributed by atoms with Gasteiger partial charge >= 0.3 is 0 Å². The molecule has 5 heteroatoms. The molecule has 0 spiro atoms. The second-order valence-electron chi connectivity index (χ2n) is 7.40. The second-order valence-corrected chi connectivity index (χ2v) is 7.40. The minimum absolute atomic E-state index is 0.366. The molecule has 1 amide bonds. The monoisotopic (exact) mass is 372 g/mol. The quantitative estimate of drug-likeness (QED) is 0.464. The van der Waals surface area contributed by atoms with Crippen LogP contribution in [0.3, 0.4) is 0 Å². The fourth-order valence-corrected chi connectivity index (χ4v) is 4.07. The van der Waals surface area contributed by atoms with Gasteiger partial charge in [0.05, 0.1) is 16.8 Å². The number of carbonyl (C=O) groups excluding carboxylic acids is 1. The molecule has 1 saturated carbocycles. The van der Waals surface area contributed by atoms with E-state index in [9.17, 15) is 4.79 Å². The van der Waals surface area contributed by atoms with Crippen LogP contribution in [0.1, 0.15) is 53.9 Å². The number of guanidine groups is 1. The summed E-state index contributed by atoms with van der Waals surface area (Å²) in [5, 5.41) is 10.6. The summed E-state index contributed by atoms with van der Waals surface area (Å²) in [5.74, 6) is -0.188. The number of pyridine rings is 1. The topological polar surface area (TPSA) is 91.9 Å². The van der Waals surface area contributed by atoms with Gasteiger partial charge in [-0.05, 0) is 36.5 Å². The minimum atomic E-state index is -0.387. The van der Waals surface area contributed by atoms with E-state index < -0.39 is 0 Å². The number of amides is 1. The molecule has 0 radical (unpaired) electrons. The molecule has 1 aromatic heterocycles. The van der Waals surface area contributed by atoms with Gasteiger partial charge in [0.1, 0.15) is 0 Å². The number of hydrogen-bond donors (Lipinski definition) is 3. The van der Waals surface area contributed by atoms with Crippen LogP contribution < -0.4 is 11.1 Å². The summed E-state index contributed by atoms with van der Waals surface area (Å²) in [4.78, 5) is 17.5. The first-order valence-electron chi connectivity index (χ1n) is 9.77. The molecule has 142 valence electrons. The average Bonchev–Trinajstić information content (AvgIpc) is 2.73. The molecule has 0 unspecified atom stereocenters. The van der Waals surface area contributed by atoms with Crippen molar-refractivity contribution in [1.29, 1.82) is 5.41 Å². The summed E-state index contributed by atoms with van der Waals surface area (Å²) in [6, 6.07) is 17.8. The van der Waals surface area contributed by atoms with Crippen molar-refractivity contribution in [2.24, 2.45) is 5.73 Å². The Morgan fingerprint density at radius 2 is 1.79 bits per heavy atom. The zero-order chi connectivity index (χ0) is 19.5. The molecule has 1 aliphatic carbocycles. The summed E-state index contributed by atoms with van der Waals surface area (Å²) in [7, 11) is 0. The number of nitrogens with zero attached hydrogens (tertiary/aromatic N) is 1. The van der Waals surface area contributed by atoms with E-state index in [0.717, 1.165) is 22.2 Å². The van der Waals surface area contributed by atoms with Crippen LogP contribution in [0.2, 0.25) is 0 Å². The molecule has 2 aromatic carbocycles. The van der Waals surface area contributed by atoms with Crippen molar-refractivity contribution in [2.45, 2.75) is 38.0 Å². The maximum atomic E-state index is 12.7. The van der Waals surface area contributed by atoms with Gasteiger partial charge in [0.15, 0.2) is 5.96 Å². The largest absolute Gasteiger partial charge is 0.370 e. The van der Waals surface area contributed by atoms with Crippen LogP contribution >= 0.6 is 0 Å². The Morgan fingerprint density at radius 3 is 2.50 bits per heavy atom. The Labute approximate surface area is 164 Å². The summed E-state index contributed by atoms with van der Waals surface area (Å²) >= 11 is 0. The van der Waals surface area contributed by atoms with Gasteiger partial charge in [-0.25, -0.2) is 4.98 Å². The molecule has 0 bridgehead atoms. The number of fused-ring (bicyclic) bond motifs is 1. The number of nitrogens with one attached hydrogen (secondary N) is 2. The first-order valence-corrected chi connectivity index (χ1v) is 9.77. The zero-order valence-corrected chi connectivity index (χ0v) is 15.7. The van der Waals surface area contributed by atoms with Gasteiger partial charge in [0.25, 0.3) is 5.91 Å². The lowest BCUT2D eigenvalue weighted by molar-refractivity contribution is 0.0978. The molecule has 5 nitrogen and oxygen atoms in total. The third-order valence-electron chi connectivity index (χ3n) is 5.47. The lowest BCUT2D eigenvalue weighted by Gasteiger charge is -2.22. The van der Waals surface area contributed by atoms with E-state index in [2.05, 4.69) is 17.4 Å². The summed E-state index contributed by atoms with van der Waals surface area (Å²) in [6.45, 7) is 0. The van der Waals surface area contributed by atoms with Gasteiger partial charge in [0.2, 0.25) is 0 Å². The van der Waals surface area contributed by atoms with Crippen LogP contribution in [-0.2, 0) is 0 Å². The Kier molecular flexibility index (Phi) is 5.06. The van der Waals surface area contributed by atoms with E-state index in [4.69, 9.17) is 16.1 Å². The van der Waals surface area contributed by atoms with Crippen LogP contribution in [0.4, 0.5) is 0 Å². The van der Waals surface area contributed by atoms with Gasteiger partial charge in [-0.1, -0.05) is 61.7 Å². The lowest BCUT2D eigenvalue weighted by Crippen LogP contribution is -2.35. The molecule has 0 saturated heterocycles. The van der Waals surface area contributed by atoms with Crippen molar-refractivity contribution in [3.05, 3.63) is 65.7 Å². The molecule has 1 aliphatic rings. The van der Waals surface area contributed by atoms with E-state index in [1.54, 1.807) is 6.07 Å². The van der Waals surface area contributed by atoms with Crippen LogP contribution in [-0.4, -0.2) is 16.9 Å². The highest BCUT2D eigenvalue weighted by molar-refractivity contribution is 6.12. The Morgan fingerprint density at radius 1 is 1.04 bits per heavy atom. The number of rotatable bonds is 3. The van der Waals surface area contributed by atoms with Crippen molar-refractivity contribution < 1.29 is 4.79 Å². The molecule has 28 heavy (non-hydrogen) atoms. The van der Waals surface area contributed by atoms with E-state index >= 15 is 0 Å². The Balaban J connectivity index is 1.85. The summed E-state index contributed by atoms with van der Waals surface area (Å²) in [5.41, 5.74) is 9.65. The summed E-state index contributed by atoms with van der Waals surface area (Å²) < 4.78 is 0. The van der Waals surface area contributed by atoms with Crippen molar-refractivity contribution in [3.63, 3.8) is 0 Å². The smallest absolute Gasteiger partial charge is 0.258 e. The van der Waals surface area contributed by atoms with Gasteiger partial charge in [-0.15, -0.1) is 0 Å². The number of aromatic nitrogens is 1. The number of hydrogen-bond acceptors (Lipinski definition) is 3. The number of benzene rings is 2. The number of carbonyl (C=O) groups is 1. The Bertz CT molecular complexity index is 1020. The van der Waals surface area contributed by atoms with E-state index in [1.807, 2.05) is 36.4 Å². The highest BCUT2D eigenvalue weighted by atomic mass is 16.1. The normalized spacial score (nSPS) is 14.7. The van der Waals surface area contributed by atoms with Crippen LogP contribution in [0.5, 0.6) is 0 Å². The van der Waals surface area contributed by atoms with Crippen LogP contribution in [0, 0.1) is 5.41 Å². The molecule has 1 heterocycles. The Hall–Kier alpha value is -3.21.